The Balaban J connectivity index is 1.18. The fourth-order valence-electron chi connectivity index (χ4n) is 10.1. The third-order valence-electron chi connectivity index (χ3n) is 12.8. The average Bonchev–Trinajstić information content (AvgIpc) is 3.83. The van der Waals surface area contributed by atoms with Gasteiger partial charge in [-0.15, -0.1) is 0 Å². The van der Waals surface area contributed by atoms with Crippen molar-refractivity contribution in [3.63, 3.8) is 0 Å². The lowest BCUT2D eigenvalue weighted by molar-refractivity contribution is 0.596. The number of furan rings is 1. The van der Waals surface area contributed by atoms with Crippen molar-refractivity contribution in [2.75, 3.05) is 4.90 Å². The fourth-order valence-corrected chi connectivity index (χ4v) is 10.1. The lowest BCUT2D eigenvalue weighted by atomic mass is 9.74. The van der Waals surface area contributed by atoms with Crippen LogP contribution in [0.3, 0.4) is 0 Å². The third kappa shape index (κ3) is 4.55. The van der Waals surface area contributed by atoms with Gasteiger partial charge in [-0.3, -0.25) is 0 Å². The van der Waals surface area contributed by atoms with Crippen molar-refractivity contribution in [2.24, 2.45) is 0 Å². The number of fused-ring (bicyclic) bond motifs is 9. The number of aryl methyl sites for hydroxylation is 1. The minimum Gasteiger partial charge on any atom is -0.454 e. The molecule has 1 heterocycles. The van der Waals surface area contributed by atoms with Gasteiger partial charge in [-0.05, 0) is 117 Å². The number of anilines is 3. The molecule has 11 rings (SSSR count). The monoisotopic (exact) mass is 707 g/mol. The maximum atomic E-state index is 6.82. The van der Waals surface area contributed by atoms with Gasteiger partial charge in [0.2, 0.25) is 0 Å². The minimum atomic E-state index is -0.374. The molecule has 0 aliphatic heterocycles. The first kappa shape index (κ1) is 32.1. The molecule has 0 saturated carbocycles. The van der Waals surface area contributed by atoms with Gasteiger partial charge in [0.25, 0.3) is 0 Å². The number of hydrogen-bond acceptors (Lipinski definition) is 2. The van der Waals surface area contributed by atoms with Gasteiger partial charge in [-0.25, -0.2) is 0 Å². The van der Waals surface area contributed by atoms with E-state index in [-0.39, 0.29) is 10.8 Å². The molecular formula is C53H41NO. The molecule has 3 aliphatic rings. The van der Waals surface area contributed by atoms with Crippen LogP contribution in [-0.2, 0) is 17.3 Å². The van der Waals surface area contributed by atoms with E-state index in [4.69, 9.17) is 4.42 Å². The number of rotatable bonds is 5. The van der Waals surface area contributed by atoms with Crippen molar-refractivity contribution in [1.29, 1.82) is 0 Å². The lowest BCUT2D eigenvalue weighted by Gasteiger charge is -2.31. The Morgan fingerprint density at radius 1 is 0.545 bits per heavy atom. The van der Waals surface area contributed by atoms with Crippen LogP contribution in [0.1, 0.15) is 66.3 Å². The smallest absolute Gasteiger partial charge is 0.159 e. The van der Waals surface area contributed by atoms with Gasteiger partial charge in [-0.2, -0.15) is 0 Å². The van der Waals surface area contributed by atoms with Crippen molar-refractivity contribution >= 4 is 34.1 Å². The summed E-state index contributed by atoms with van der Waals surface area (Å²) in [4.78, 5) is 2.45. The summed E-state index contributed by atoms with van der Waals surface area (Å²) in [7, 11) is 0. The van der Waals surface area contributed by atoms with Crippen LogP contribution in [0.2, 0.25) is 0 Å². The number of para-hydroxylation sites is 1. The van der Waals surface area contributed by atoms with Crippen molar-refractivity contribution in [2.45, 2.75) is 44.4 Å². The van der Waals surface area contributed by atoms with Gasteiger partial charge < -0.3 is 9.32 Å². The highest BCUT2D eigenvalue weighted by molar-refractivity contribution is 6.00. The van der Waals surface area contributed by atoms with Crippen molar-refractivity contribution in [3.05, 3.63) is 203 Å². The molecule has 2 nitrogen and oxygen atoms in total. The van der Waals surface area contributed by atoms with Crippen LogP contribution in [0.15, 0.2) is 168 Å². The van der Waals surface area contributed by atoms with Gasteiger partial charge in [0, 0.05) is 33.2 Å². The molecule has 0 amide bonds. The normalized spacial score (nSPS) is 17.0. The molecule has 2 heteroatoms. The lowest BCUT2D eigenvalue weighted by Crippen LogP contribution is -2.23. The average molecular weight is 708 g/mol. The first-order chi connectivity index (χ1) is 26.9. The van der Waals surface area contributed by atoms with E-state index in [1.165, 1.54) is 72.1 Å². The second-order valence-corrected chi connectivity index (χ2v) is 16.1. The van der Waals surface area contributed by atoms with Gasteiger partial charge >= 0.3 is 0 Å². The van der Waals surface area contributed by atoms with Gasteiger partial charge in [0.1, 0.15) is 5.76 Å². The second-order valence-electron chi connectivity index (χ2n) is 16.1. The summed E-state index contributed by atoms with van der Waals surface area (Å²) < 4.78 is 6.82. The Hall–Kier alpha value is -6.38. The fraction of sp³-hybridized carbons (Fsp3) is 0.132. The predicted molar refractivity (Wildman–Crippen MR) is 229 cm³/mol. The van der Waals surface area contributed by atoms with E-state index in [1.807, 2.05) is 0 Å². The van der Waals surface area contributed by atoms with E-state index in [9.17, 15) is 0 Å². The number of allylic oxidation sites excluding steroid dienone is 1. The van der Waals surface area contributed by atoms with E-state index in [2.05, 4.69) is 196 Å². The van der Waals surface area contributed by atoms with Crippen LogP contribution in [-0.4, -0.2) is 0 Å². The molecule has 1 unspecified atom stereocenters. The Kier molecular flexibility index (Phi) is 6.89. The van der Waals surface area contributed by atoms with Crippen molar-refractivity contribution in [3.8, 4) is 33.4 Å². The Bertz CT molecular complexity index is 2860. The number of hydrogen-bond donors (Lipinski definition) is 0. The molecule has 7 aromatic carbocycles. The minimum absolute atomic E-state index is 0.131. The second kappa shape index (κ2) is 11.8. The summed E-state index contributed by atoms with van der Waals surface area (Å²) in [5, 5.41) is 1.20. The molecule has 55 heavy (non-hydrogen) atoms. The Labute approximate surface area is 323 Å². The zero-order valence-corrected chi connectivity index (χ0v) is 31.4. The molecule has 3 aliphatic carbocycles. The van der Waals surface area contributed by atoms with E-state index in [0.717, 1.165) is 41.2 Å². The van der Waals surface area contributed by atoms with Crippen molar-refractivity contribution < 1.29 is 4.42 Å². The van der Waals surface area contributed by atoms with Crippen molar-refractivity contribution in [1.82, 2.24) is 0 Å². The largest absolute Gasteiger partial charge is 0.454 e. The molecule has 0 N–H and O–H groups in total. The molecule has 0 spiro atoms. The van der Waals surface area contributed by atoms with Gasteiger partial charge in [0.15, 0.2) is 5.58 Å². The zero-order chi connectivity index (χ0) is 36.9. The first-order valence-electron chi connectivity index (χ1n) is 19.6. The van der Waals surface area contributed by atoms with E-state index >= 15 is 0 Å². The van der Waals surface area contributed by atoms with Crippen LogP contribution >= 0.6 is 0 Å². The van der Waals surface area contributed by atoms with Gasteiger partial charge in [0.05, 0.1) is 5.69 Å². The molecular weight excluding hydrogens is 667 g/mol. The molecule has 0 saturated heterocycles. The first-order valence-corrected chi connectivity index (χ1v) is 19.6. The standard InChI is InChI=1S/C53H41NO/c1-52(2)44-24-12-10-20-39(44)40-30-28-36(32-46(40)52)54(48-26-15-23-42-41-21-11-13-27-49(41)55-51(42)48)37-29-31-43-47(33-37)53(3,35-18-8-5-9-19-35)45-25-14-22-38(50(43)45)34-16-6-4-7-17-34/h4-10,12-20,22-33H,11,21H2,1-3H3. The summed E-state index contributed by atoms with van der Waals surface area (Å²) in [5.41, 5.74) is 19.4. The highest BCUT2D eigenvalue weighted by Gasteiger charge is 2.43. The predicted octanol–water partition coefficient (Wildman–Crippen LogP) is 14.2. The van der Waals surface area contributed by atoms with Gasteiger partial charge in [-0.1, -0.05) is 147 Å². The number of nitrogens with zero attached hydrogens (tertiary/aromatic N) is 1. The maximum Gasteiger partial charge on any atom is 0.159 e. The highest BCUT2D eigenvalue weighted by atomic mass is 16.3. The molecule has 1 aromatic heterocycles. The van der Waals surface area contributed by atoms with E-state index in [1.54, 1.807) is 0 Å². The number of benzene rings is 7. The molecule has 0 radical (unpaired) electrons. The molecule has 264 valence electrons. The SMILES string of the molecule is CC1(C)c2ccccc2-c2ccc(N(c3ccc4c(c3)C(C)(c3ccccc3)c3cccc(-c5ccccc5)c3-4)c3cccc4c5c(oc34)C=CCC5)cc21. The Morgan fingerprint density at radius 2 is 1.20 bits per heavy atom. The van der Waals surface area contributed by atoms with Crippen LogP contribution < -0.4 is 4.90 Å². The summed E-state index contributed by atoms with van der Waals surface area (Å²) in [6, 6.07) is 58.6. The van der Waals surface area contributed by atoms with E-state index in [0.29, 0.717) is 0 Å². The zero-order valence-electron chi connectivity index (χ0n) is 31.4. The summed E-state index contributed by atoms with van der Waals surface area (Å²) >= 11 is 0. The third-order valence-corrected chi connectivity index (χ3v) is 12.8. The summed E-state index contributed by atoms with van der Waals surface area (Å²) in [5.74, 6) is 0.980. The molecule has 0 fully saturated rings. The molecule has 8 aromatic rings. The van der Waals surface area contributed by atoms with Crippen LogP contribution in [0.5, 0.6) is 0 Å². The topological polar surface area (TPSA) is 16.4 Å². The molecule has 0 bridgehead atoms. The summed E-state index contributed by atoms with van der Waals surface area (Å²) in [6.45, 7) is 7.14. The quantitative estimate of drug-likeness (QED) is 0.177. The van der Waals surface area contributed by atoms with Crippen LogP contribution in [0.4, 0.5) is 17.1 Å². The van der Waals surface area contributed by atoms with Crippen LogP contribution in [0.25, 0.3) is 50.4 Å². The molecule has 1 atom stereocenters. The maximum absolute atomic E-state index is 6.82. The van der Waals surface area contributed by atoms with Crippen LogP contribution in [0, 0.1) is 0 Å². The summed E-state index contributed by atoms with van der Waals surface area (Å²) in [6.07, 6.45) is 6.41. The van der Waals surface area contributed by atoms with E-state index < -0.39 is 0 Å². The highest BCUT2D eigenvalue weighted by Crippen LogP contribution is 2.57. The Morgan fingerprint density at radius 3 is 2.02 bits per heavy atom.